The predicted molar refractivity (Wildman–Crippen MR) is 82.9 cm³/mol. The van der Waals surface area contributed by atoms with Crippen molar-refractivity contribution < 1.29 is 13.2 Å². The Balaban J connectivity index is 1.65. The van der Waals surface area contributed by atoms with E-state index in [4.69, 9.17) is 4.74 Å². The number of rotatable bonds is 5. The van der Waals surface area contributed by atoms with E-state index in [1.807, 2.05) is 17.5 Å². The highest BCUT2D eigenvalue weighted by Crippen LogP contribution is 2.25. The number of thiophene rings is 1. The molecule has 114 valence electrons. The molecule has 2 aromatic heterocycles. The van der Waals surface area contributed by atoms with E-state index in [2.05, 4.69) is 14.9 Å². The third-order valence-corrected chi connectivity index (χ3v) is 5.54. The summed E-state index contributed by atoms with van der Waals surface area (Å²) in [5, 5.41) is 8.80. The van der Waals surface area contributed by atoms with Crippen molar-refractivity contribution in [1.29, 1.82) is 0 Å². The van der Waals surface area contributed by atoms with E-state index in [0.29, 0.717) is 12.4 Å². The molecule has 0 amide bonds. The van der Waals surface area contributed by atoms with Gasteiger partial charge >= 0.3 is 0 Å². The van der Waals surface area contributed by atoms with E-state index >= 15 is 0 Å². The molecule has 2 N–H and O–H groups in total. The van der Waals surface area contributed by atoms with Crippen LogP contribution in [0.25, 0.3) is 10.6 Å². The Morgan fingerprint density at radius 1 is 1.48 bits per heavy atom. The molecule has 1 saturated heterocycles. The van der Waals surface area contributed by atoms with Crippen LogP contribution in [0, 0.1) is 0 Å². The Kier molecular flexibility index (Phi) is 4.27. The SMILES string of the molecule is O=S(=O)(CC1CCCCO1)Nc1cc(-c2cccs2)[nH]n1. The van der Waals surface area contributed by atoms with Crippen LogP contribution in [0.4, 0.5) is 5.82 Å². The fourth-order valence-corrected chi connectivity index (χ4v) is 4.27. The molecule has 1 aliphatic heterocycles. The van der Waals surface area contributed by atoms with Gasteiger partial charge in [0.2, 0.25) is 10.0 Å². The normalized spacial score (nSPS) is 19.5. The Bertz CT molecular complexity index is 673. The van der Waals surface area contributed by atoms with Gasteiger partial charge in [0.25, 0.3) is 0 Å². The van der Waals surface area contributed by atoms with Crippen molar-refractivity contribution >= 4 is 27.2 Å². The Morgan fingerprint density at radius 3 is 3.10 bits per heavy atom. The quantitative estimate of drug-likeness (QED) is 0.883. The van der Waals surface area contributed by atoms with E-state index in [9.17, 15) is 8.42 Å². The molecule has 0 bridgehead atoms. The highest BCUT2D eigenvalue weighted by molar-refractivity contribution is 7.92. The van der Waals surface area contributed by atoms with Gasteiger partial charge in [-0.15, -0.1) is 11.3 Å². The molecule has 21 heavy (non-hydrogen) atoms. The maximum absolute atomic E-state index is 12.1. The molecule has 1 unspecified atom stereocenters. The van der Waals surface area contributed by atoms with Gasteiger partial charge in [0.15, 0.2) is 5.82 Å². The minimum atomic E-state index is -3.44. The maximum Gasteiger partial charge on any atom is 0.236 e. The summed E-state index contributed by atoms with van der Waals surface area (Å²) in [4.78, 5) is 1.02. The minimum Gasteiger partial charge on any atom is -0.377 e. The molecule has 1 aliphatic rings. The largest absolute Gasteiger partial charge is 0.377 e. The van der Waals surface area contributed by atoms with Crippen LogP contribution < -0.4 is 4.72 Å². The molecule has 0 aromatic carbocycles. The first-order chi connectivity index (χ1) is 10.1. The lowest BCUT2D eigenvalue weighted by Gasteiger charge is -2.22. The van der Waals surface area contributed by atoms with Gasteiger partial charge in [-0.25, -0.2) is 8.42 Å². The summed E-state index contributed by atoms with van der Waals surface area (Å²) >= 11 is 1.57. The molecule has 0 saturated carbocycles. The van der Waals surface area contributed by atoms with Crippen LogP contribution in [0.2, 0.25) is 0 Å². The number of hydrogen-bond acceptors (Lipinski definition) is 5. The number of hydrogen-bond donors (Lipinski definition) is 2. The number of anilines is 1. The van der Waals surface area contributed by atoms with Gasteiger partial charge in [0, 0.05) is 12.7 Å². The molecule has 2 aromatic rings. The number of nitrogens with zero attached hydrogens (tertiary/aromatic N) is 1. The molecular weight excluding hydrogens is 310 g/mol. The molecule has 6 nitrogen and oxygen atoms in total. The van der Waals surface area contributed by atoms with Gasteiger partial charge in [0.05, 0.1) is 22.4 Å². The van der Waals surface area contributed by atoms with Crippen molar-refractivity contribution in [2.45, 2.75) is 25.4 Å². The summed E-state index contributed by atoms with van der Waals surface area (Å²) in [5.74, 6) is 0.294. The van der Waals surface area contributed by atoms with Gasteiger partial charge in [-0.3, -0.25) is 9.82 Å². The van der Waals surface area contributed by atoms with Crippen molar-refractivity contribution in [3.8, 4) is 10.6 Å². The van der Waals surface area contributed by atoms with Crippen LogP contribution in [0.15, 0.2) is 23.6 Å². The monoisotopic (exact) mass is 327 g/mol. The predicted octanol–water partition coefficient (Wildman–Crippen LogP) is 2.45. The van der Waals surface area contributed by atoms with Crippen LogP contribution >= 0.6 is 11.3 Å². The lowest BCUT2D eigenvalue weighted by molar-refractivity contribution is 0.0306. The van der Waals surface area contributed by atoms with E-state index in [-0.39, 0.29) is 11.9 Å². The van der Waals surface area contributed by atoms with Gasteiger partial charge in [-0.2, -0.15) is 5.10 Å². The number of ether oxygens (including phenoxy) is 1. The summed E-state index contributed by atoms with van der Waals surface area (Å²) in [5.41, 5.74) is 0.802. The van der Waals surface area contributed by atoms with E-state index in [1.54, 1.807) is 17.4 Å². The van der Waals surface area contributed by atoms with E-state index < -0.39 is 10.0 Å². The second-order valence-corrected chi connectivity index (χ2v) is 7.73. The zero-order valence-electron chi connectivity index (χ0n) is 11.4. The first kappa shape index (κ1) is 14.6. The lowest BCUT2D eigenvalue weighted by Crippen LogP contribution is -2.30. The number of aromatic amines is 1. The molecule has 0 spiro atoms. The topological polar surface area (TPSA) is 84.1 Å². The van der Waals surface area contributed by atoms with Crippen molar-refractivity contribution in [1.82, 2.24) is 10.2 Å². The molecule has 1 atom stereocenters. The summed E-state index contributed by atoms with van der Waals surface area (Å²) in [6.07, 6.45) is 2.60. The molecule has 8 heteroatoms. The highest BCUT2D eigenvalue weighted by Gasteiger charge is 2.22. The fraction of sp³-hybridized carbons (Fsp3) is 0.462. The smallest absolute Gasteiger partial charge is 0.236 e. The number of sulfonamides is 1. The average Bonchev–Trinajstić information content (AvgIpc) is 3.09. The highest BCUT2D eigenvalue weighted by atomic mass is 32.2. The molecule has 3 rings (SSSR count). The number of aromatic nitrogens is 2. The third kappa shape index (κ3) is 3.84. The average molecular weight is 327 g/mol. The van der Waals surface area contributed by atoms with Crippen molar-refractivity contribution in [2.75, 3.05) is 17.1 Å². The molecular formula is C13H17N3O3S2. The second-order valence-electron chi connectivity index (χ2n) is 5.02. The van der Waals surface area contributed by atoms with Crippen LogP contribution in [0.5, 0.6) is 0 Å². The van der Waals surface area contributed by atoms with Crippen molar-refractivity contribution in [2.24, 2.45) is 0 Å². The zero-order valence-corrected chi connectivity index (χ0v) is 13.0. The first-order valence-corrected chi connectivity index (χ1v) is 9.37. The summed E-state index contributed by atoms with van der Waals surface area (Å²) in [6.45, 7) is 0.644. The molecule has 0 radical (unpaired) electrons. The fourth-order valence-electron chi connectivity index (χ4n) is 2.32. The van der Waals surface area contributed by atoms with Crippen molar-refractivity contribution in [3.05, 3.63) is 23.6 Å². The first-order valence-electron chi connectivity index (χ1n) is 6.84. The Morgan fingerprint density at radius 2 is 2.38 bits per heavy atom. The minimum absolute atomic E-state index is 0.0196. The zero-order chi connectivity index (χ0) is 14.7. The van der Waals surface area contributed by atoms with E-state index in [0.717, 1.165) is 29.8 Å². The van der Waals surface area contributed by atoms with Crippen LogP contribution in [-0.4, -0.2) is 37.1 Å². The lowest BCUT2D eigenvalue weighted by atomic mass is 10.1. The van der Waals surface area contributed by atoms with Gasteiger partial charge < -0.3 is 4.74 Å². The van der Waals surface area contributed by atoms with Crippen molar-refractivity contribution in [3.63, 3.8) is 0 Å². The number of H-pyrrole nitrogens is 1. The van der Waals surface area contributed by atoms with Crippen LogP contribution in [0.1, 0.15) is 19.3 Å². The third-order valence-electron chi connectivity index (χ3n) is 3.30. The molecule has 3 heterocycles. The van der Waals surface area contributed by atoms with Crippen LogP contribution in [-0.2, 0) is 14.8 Å². The van der Waals surface area contributed by atoms with Gasteiger partial charge in [-0.1, -0.05) is 6.07 Å². The van der Waals surface area contributed by atoms with E-state index in [1.165, 1.54) is 0 Å². The Hall–Kier alpha value is -1.38. The van der Waals surface area contributed by atoms with Gasteiger partial charge in [-0.05, 0) is 30.7 Å². The maximum atomic E-state index is 12.1. The summed E-state index contributed by atoms with van der Waals surface area (Å²) in [6, 6.07) is 5.59. The summed E-state index contributed by atoms with van der Waals surface area (Å²) in [7, 11) is -3.44. The molecule has 0 aliphatic carbocycles. The van der Waals surface area contributed by atoms with Gasteiger partial charge in [0.1, 0.15) is 0 Å². The molecule has 1 fully saturated rings. The second kappa shape index (κ2) is 6.17. The standard InChI is InChI=1S/C13H17N3O3S2/c17-21(18,9-10-4-1-2-6-19-10)16-13-8-11(14-15-13)12-5-3-7-20-12/h3,5,7-8,10H,1-2,4,6,9H2,(H2,14,15,16). The summed E-state index contributed by atoms with van der Waals surface area (Å²) < 4.78 is 32.2. The number of nitrogens with one attached hydrogen (secondary N) is 2. The van der Waals surface area contributed by atoms with Crippen LogP contribution in [0.3, 0.4) is 0 Å². The Labute approximate surface area is 127 Å².